The maximum atomic E-state index is 9.11. The van der Waals surface area contributed by atoms with Crippen molar-refractivity contribution in [3.05, 3.63) is 0 Å². The van der Waals surface area contributed by atoms with Crippen LogP contribution in [0.4, 0.5) is 0 Å². The highest BCUT2D eigenvalue weighted by molar-refractivity contribution is 4.60. The van der Waals surface area contributed by atoms with E-state index in [0.717, 1.165) is 0 Å². The minimum Gasteiger partial charge on any atom is -0.392 e. The maximum Gasteiger partial charge on any atom is 0.104 e. The molecule has 0 aromatic carbocycles. The lowest BCUT2D eigenvalue weighted by Gasteiger charge is -2.16. The van der Waals surface area contributed by atoms with Gasteiger partial charge in [-0.2, -0.15) is 0 Å². The molecule has 4 nitrogen and oxygen atoms in total. The van der Waals surface area contributed by atoms with Gasteiger partial charge in [0, 0.05) is 13.0 Å². The highest BCUT2D eigenvalue weighted by Crippen LogP contribution is 1.94. The van der Waals surface area contributed by atoms with E-state index in [0.29, 0.717) is 6.54 Å². The summed E-state index contributed by atoms with van der Waals surface area (Å²) in [4.78, 5) is 1.84. The van der Waals surface area contributed by atoms with E-state index in [9.17, 15) is 0 Å². The van der Waals surface area contributed by atoms with Gasteiger partial charge in [-0.05, 0) is 14.1 Å². The first-order valence-corrected chi connectivity index (χ1v) is 3.29. The second-order valence-corrected chi connectivity index (χ2v) is 2.72. The van der Waals surface area contributed by atoms with Crippen LogP contribution in [0.15, 0.2) is 0 Å². The molecule has 0 rings (SSSR count). The molecule has 0 saturated carbocycles. The van der Waals surface area contributed by atoms with E-state index in [1.165, 1.54) is 0 Å². The number of nitrogens with two attached hydrogens (primary N) is 1. The van der Waals surface area contributed by atoms with Crippen molar-refractivity contribution in [1.82, 2.24) is 4.90 Å². The Morgan fingerprint density at radius 1 is 1.40 bits per heavy atom. The molecule has 0 spiro atoms. The fraction of sp³-hybridized carbons (Fsp3) is 1.00. The molecule has 4 heteroatoms. The predicted octanol–water partition coefficient (Wildman–Crippen LogP) is -1.42. The Morgan fingerprint density at radius 3 is 2.20 bits per heavy atom. The third-order valence-electron chi connectivity index (χ3n) is 1.09. The molecule has 0 aromatic rings. The van der Waals surface area contributed by atoms with E-state index in [1.54, 1.807) is 0 Å². The number of likely N-dealkylation sites (N-methyl/N-ethyl adjacent to an activating group) is 1. The molecule has 0 aliphatic carbocycles. The van der Waals surface area contributed by atoms with Crippen molar-refractivity contribution < 1.29 is 10.2 Å². The van der Waals surface area contributed by atoms with Gasteiger partial charge in [-0.15, -0.1) is 0 Å². The summed E-state index contributed by atoms with van der Waals surface area (Å²) in [6.07, 6.45) is -1.21. The van der Waals surface area contributed by atoms with E-state index in [-0.39, 0.29) is 6.42 Å². The summed E-state index contributed by atoms with van der Waals surface area (Å²) in [5.74, 6) is 0. The zero-order valence-electron chi connectivity index (χ0n) is 6.49. The molecule has 0 heterocycles. The number of aliphatic hydroxyl groups excluding tert-OH is 2. The van der Waals surface area contributed by atoms with Gasteiger partial charge in [-0.1, -0.05) is 0 Å². The van der Waals surface area contributed by atoms with Gasteiger partial charge >= 0.3 is 0 Å². The van der Waals surface area contributed by atoms with Crippen LogP contribution < -0.4 is 5.73 Å². The molecule has 0 aliphatic rings. The van der Waals surface area contributed by atoms with Gasteiger partial charge in [0.1, 0.15) is 6.23 Å². The summed E-state index contributed by atoms with van der Waals surface area (Å²) in [6, 6.07) is 0. The average molecular weight is 148 g/mol. The molecular formula is C6H16N2O2. The molecule has 0 amide bonds. The van der Waals surface area contributed by atoms with Crippen LogP contribution in [0, 0.1) is 0 Å². The average Bonchev–Trinajstić information content (AvgIpc) is 1.58. The van der Waals surface area contributed by atoms with Crippen LogP contribution in [0.5, 0.6) is 0 Å². The molecule has 0 aromatic heterocycles. The Balaban J connectivity index is 3.34. The molecule has 2 atom stereocenters. The van der Waals surface area contributed by atoms with E-state index in [4.69, 9.17) is 15.9 Å². The second kappa shape index (κ2) is 4.62. The van der Waals surface area contributed by atoms with Crippen LogP contribution in [0.3, 0.4) is 0 Å². The highest BCUT2D eigenvalue weighted by atomic mass is 16.3. The Bertz CT molecular complexity index is 75.8. The van der Waals surface area contributed by atoms with Gasteiger partial charge < -0.3 is 20.8 Å². The van der Waals surface area contributed by atoms with E-state index < -0.39 is 12.3 Å². The SMILES string of the molecule is CN(C)CC(O)CC(N)O. The van der Waals surface area contributed by atoms with E-state index in [1.807, 2.05) is 19.0 Å². The van der Waals surface area contributed by atoms with Crippen molar-refractivity contribution in [2.45, 2.75) is 18.8 Å². The second-order valence-electron chi connectivity index (χ2n) is 2.72. The predicted molar refractivity (Wildman–Crippen MR) is 39.4 cm³/mol. The number of aliphatic hydroxyl groups is 2. The zero-order chi connectivity index (χ0) is 8.15. The normalized spacial score (nSPS) is 17.4. The molecule has 0 aliphatic heterocycles. The van der Waals surface area contributed by atoms with Crippen molar-refractivity contribution in [2.75, 3.05) is 20.6 Å². The fourth-order valence-corrected chi connectivity index (χ4v) is 0.775. The van der Waals surface area contributed by atoms with Gasteiger partial charge in [0.2, 0.25) is 0 Å². The van der Waals surface area contributed by atoms with E-state index in [2.05, 4.69) is 0 Å². The van der Waals surface area contributed by atoms with Gasteiger partial charge in [-0.3, -0.25) is 0 Å². The molecular weight excluding hydrogens is 132 g/mol. The van der Waals surface area contributed by atoms with Crippen LogP contribution in [-0.2, 0) is 0 Å². The third kappa shape index (κ3) is 5.97. The summed E-state index contributed by atoms with van der Waals surface area (Å²) in [7, 11) is 3.71. The van der Waals surface area contributed by atoms with Crippen LogP contribution in [0.1, 0.15) is 6.42 Å². The lowest BCUT2D eigenvalue weighted by atomic mass is 10.2. The van der Waals surface area contributed by atoms with E-state index >= 15 is 0 Å². The smallest absolute Gasteiger partial charge is 0.104 e. The topological polar surface area (TPSA) is 69.7 Å². The monoisotopic (exact) mass is 148 g/mol. The van der Waals surface area contributed by atoms with Crippen LogP contribution in [0.25, 0.3) is 0 Å². The van der Waals surface area contributed by atoms with Crippen molar-refractivity contribution >= 4 is 0 Å². The standard InChI is InChI=1S/C6H16N2O2/c1-8(2)4-5(9)3-6(7)10/h5-6,9-10H,3-4,7H2,1-2H3. The first-order valence-electron chi connectivity index (χ1n) is 3.29. The maximum absolute atomic E-state index is 9.11. The first-order chi connectivity index (χ1) is 4.52. The summed E-state index contributed by atoms with van der Waals surface area (Å²) < 4.78 is 0. The number of nitrogens with zero attached hydrogens (tertiary/aromatic N) is 1. The zero-order valence-corrected chi connectivity index (χ0v) is 6.49. The minimum absolute atomic E-state index is 0.234. The minimum atomic E-state index is -0.907. The largest absolute Gasteiger partial charge is 0.392 e. The molecule has 0 saturated heterocycles. The van der Waals surface area contributed by atoms with Crippen molar-refractivity contribution in [3.63, 3.8) is 0 Å². The molecule has 10 heavy (non-hydrogen) atoms. The lowest BCUT2D eigenvalue weighted by molar-refractivity contribution is 0.0676. The first kappa shape index (κ1) is 9.84. The van der Waals surface area contributed by atoms with Gasteiger partial charge in [0.15, 0.2) is 0 Å². The van der Waals surface area contributed by atoms with Gasteiger partial charge in [-0.25, -0.2) is 0 Å². The Kier molecular flexibility index (Phi) is 4.55. The molecule has 2 unspecified atom stereocenters. The van der Waals surface area contributed by atoms with Gasteiger partial charge in [0.05, 0.1) is 6.10 Å². The lowest BCUT2D eigenvalue weighted by Crippen LogP contribution is -2.32. The number of hydrogen-bond acceptors (Lipinski definition) is 4. The van der Waals surface area contributed by atoms with Gasteiger partial charge in [0.25, 0.3) is 0 Å². The molecule has 4 N–H and O–H groups in total. The molecule has 62 valence electrons. The quantitative estimate of drug-likeness (QED) is 0.428. The molecule has 0 bridgehead atoms. The van der Waals surface area contributed by atoms with Crippen LogP contribution >= 0.6 is 0 Å². The Morgan fingerprint density at radius 2 is 1.90 bits per heavy atom. The van der Waals surface area contributed by atoms with Crippen molar-refractivity contribution in [1.29, 1.82) is 0 Å². The van der Waals surface area contributed by atoms with Crippen LogP contribution in [0.2, 0.25) is 0 Å². The fourth-order valence-electron chi connectivity index (χ4n) is 0.775. The molecule has 0 fully saturated rings. The molecule has 0 radical (unpaired) electrons. The Labute approximate surface area is 61.3 Å². The summed E-state index contributed by atoms with van der Waals surface area (Å²) in [6.45, 7) is 0.536. The third-order valence-corrected chi connectivity index (χ3v) is 1.09. The van der Waals surface area contributed by atoms with Crippen LogP contribution in [-0.4, -0.2) is 48.1 Å². The highest BCUT2D eigenvalue weighted by Gasteiger charge is 2.08. The van der Waals surface area contributed by atoms with Crippen molar-refractivity contribution in [2.24, 2.45) is 5.73 Å². The van der Waals surface area contributed by atoms with Crippen molar-refractivity contribution in [3.8, 4) is 0 Å². The number of rotatable bonds is 4. The summed E-state index contributed by atoms with van der Waals surface area (Å²) in [5, 5.41) is 17.7. The number of hydrogen-bond donors (Lipinski definition) is 3. The summed E-state index contributed by atoms with van der Waals surface area (Å²) >= 11 is 0. The summed E-state index contributed by atoms with van der Waals surface area (Å²) in [5.41, 5.74) is 5.05. The Hall–Kier alpha value is -0.160.